The molecule has 1 aromatic rings. The molecule has 4 rings (SSSR count). The second kappa shape index (κ2) is 2.87. The van der Waals surface area contributed by atoms with Crippen molar-refractivity contribution in [2.45, 2.75) is 25.3 Å². The number of aromatic amines is 1. The van der Waals surface area contributed by atoms with E-state index in [1.54, 1.807) is 12.3 Å². The van der Waals surface area contributed by atoms with Crippen LogP contribution >= 0.6 is 0 Å². The number of hydrogen-bond donors (Lipinski definition) is 2. The molecular formula is C12H15N3O. The highest BCUT2D eigenvalue weighted by molar-refractivity contribution is 5.43. The highest BCUT2D eigenvalue weighted by Crippen LogP contribution is 2.66. The zero-order valence-corrected chi connectivity index (χ0v) is 9.02. The van der Waals surface area contributed by atoms with Gasteiger partial charge < -0.3 is 5.32 Å². The standard InChI is InChI=1S/C12H15N3O/c16-9-4-8(5-13-15-9)14-12-10-6-1-2-7(3-6)11(10)12/h4-7,10-12H,1-3H2,(H2,14,15,16). The van der Waals surface area contributed by atoms with E-state index in [1.807, 2.05) is 0 Å². The minimum Gasteiger partial charge on any atom is -0.380 e. The Morgan fingerprint density at radius 3 is 2.75 bits per heavy atom. The summed E-state index contributed by atoms with van der Waals surface area (Å²) in [6.45, 7) is 0. The van der Waals surface area contributed by atoms with Crippen molar-refractivity contribution in [3.63, 3.8) is 0 Å². The van der Waals surface area contributed by atoms with Gasteiger partial charge in [-0.3, -0.25) is 4.79 Å². The minimum atomic E-state index is -0.126. The van der Waals surface area contributed by atoms with Crippen molar-refractivity contribution >= 4 is 5.69 Å². The van der Waals surface area contributed by atoms with Crippen LogP contribution in [0.3, 0.4) is 0 Å². The summed E-state index contributed by atoms with van der Waals surface area (Å²) in [7, 11) is 0. The van der Waals surface area contributed by atoms with Gasteiger partial charge in [-0.2, -0.15) is 5.10 Å². The van der Waals surface area contributed by atoms with Gasteiger partial charge >= 0.3 is 0 Å². The number of H-pyrrole nitrogens is 1. The van der Waals surface area contributed by atoms with Gasteiger partial charge in [0.1, 0.15) is 0 Å². The van der Waals surface area contributed by atoms with Gasteiger partial charge in [-0.1, -0.05) is 0 Å². The van der Waals surface area contributed by atoms with Crippen LogP contribution in [0.1, 0.15) is 19.3 Å². The number of rotatable bonds is 2. The Labute approximate surface area is 93.5 Å². The molecule has 4 heteroatoms. The maximum absolute atomic E-state index is 11.1. The normalized spacial score (nSPS) is 43.1. The monoisotopic (exact) mass is 217 g/mol. The summed E-state index contributed by atoms with van der Waals surface area (Å²) in [6.07, 6.45) is 6.02. The van der Waals surface area contributed by atoms with E-state index in [0.717, 1.165) is 29.4 Å². The van der Waals surface area contributed by atoms with Crippen molar-refractivity contribution in [3.8, 4) is 0 Å². The number of aromatic nitrogens is 2. The zero-order valence-electron chi connectivity index (χ0n) is 9.02. The van der Waals surface area contributed by atoms with Gasteiger partial charge in [-0.05, 0) is 42.9 Å². The largest absolute Gasteiger partial charge is 0.380 e. The molecule has 4 atom stereocenters. The molecule has 0 saturated heterocycles. The van der Waals surface area contributed by atoms with E-state index in [-0.39, 0.29) is 5.56 Å². The van der Waals surface area contributed by atoms with Crippen LogP contribution in [0.2, 0.25) is 0 Å². The van der Waals surface area contributed by atoms with Gasteiger partial charge in [0.2, 0.25) is 0 Å². The average Bonchev–Trinajstić information content (AvgIpc) is 2.70. The first kappa shape index (κ1) is 8.79. The number of hydrogen-bond acceptors (Lipinski definition) is 3. The Bertz CT molecular complexity index is 467. The summed E-state index contributed by atoms with van der Waals surface area (Å²) in [5, 5.41) is 9.69. The van der Waals surface area contributed by atoms with Gasteiger partial charge in [-0.15, -0.1) is 0 Å². The van der Waals surface area contributed by atoms with E-state index in [9.17, 15) is 4.79 Å². The third kappa shape index (κ3) is 1.10. The molecule has 0 aliphatic heterocycles. The minimum absolute atomic E-state index is 0.126. The second-order valence-electron chi connectivity index (χ2n) is 5.49. The van der Waals surface area contributed by atoms with Crippen LogP contribution < -0.4 is 10.9 Å². The van der Waals surface area contributed by atoms with E-state index in [2.05, 4.69) is 15.5 Å². The van der Waals surface area contributed by atoms with Crippen molar-refractivity contribution in [3.05, 3.63) is 22.6 Å². The summed E-state index contributed by atoms with van der Waals surface area (Å²) < 4.78 is 0. The van der Waals surface area contributed by atoms with E-state index in [0.29, 0.717) is 6.04 Å². The summed E-state index contributed by atoms with van der Waals surface area (Å²) in [4.78, 5) is 11.1. The summed E-state index contributed by atoms with van der Waals surface area (Å²) in [5.41, 5.74) is 0.751. The fraction of sp³-hybridized carbons (Fsp3) is 0.667. The molecule has 0 spiro atoms. The smallest absolute Gasteiger partial charge is 0.266 e. The number of nitrogens with one attached hydrogen (secondary N) is 2. The molecule has 16 heavy (non-hydrogen) atoms. The third-order valence-corrected chi connectivity index (χ3v) is 4.73. The maximum atomic E-state index is 11.1. The van der Waals surface area contributed by atoms with Crippen LogP contribution in [-0.2, 0) is 0 Å². The summed E-state index contributed by atoms with van der Waals surface area (Å²) in [5.74, 6) is 3.70. The fourth-order valence-electron chi connectivity index (χ4n) is 4.17. The lowest BCUT2D eigenvalue weighted by atomic mass is 10.0. The molecule has 2 bridgehead atoms. The molecule has 2 N–H and O–H groups in total. The number of fused-ring (bicyclic) bond motifs is 5. The van der Waals surface area contributed by atoms with Gasteiger partial charge in [0.15, 0.2) is 0 Å². The number of anilines is 1. The summed E-state index contributed by atoms with van der Waals surface area (Å²) >= 11 is 0. The van der Waals surface area contributed by atoms with Crippen LogP contribution in [0.5, 0.6) is 0 Å². The molecule has 3 aliphatic rings. The van der Waals surface area contributed by atoms with Crippen molar-refractivity contribution in [1.29, 1.82) is 0 Å². The lowest BCUT2D eigenvalue weighted by molar-refractivity contribution is 0.456. The Morgan fingerprint density at radius 1 is 1.31 bits per heavy atom. The fourth-order valence-corrected chi connectivity index (χ4v) is 4.17. The lowest BCUT2D eigenvalue weighted by Gasteiger charge is -2.10. The molecule has 4 unspecified atom stereocenters. The maximum Gasteiger partial charge on any atom is 0.266 e. The highest BCUT2D eigenvalue weighted by Gasteiger charge is 2.64. The van der Waals surface area contributed by atoms with Gasteiger partial charge in [-0.25, -0.2) is 5.10 Å². The van der Waals surface area contributed by atoms with E-state index >= 15 is 0 Å². The summed E-state index contributed by atoms with van der Waals surface area (Å²) in [6, 6.07) is 2.22. The van der Waals surface area contributed by atoms with Gasteiger partial charge in [0.25, 0.3) is 5.56 Å². The van der Waals surface area contributed by atoms with E-state index < -0.39 is 0 Å². The van der Waals surface area contributed by atoms with Gasteiger partial charge in [0, 0.05) is 12.1 Å². The Morgan fingerprint density at radius 2 is 2.06 bits per heavy atom. The molecule has 0 amide bonds. The van der Waals surface area contributed by atoms with Crippen LogP contribution in [0.25, 0.3) is 0 Å². The number of nitrogens with zero attached hydrogens (tertiary/aromatic N) is 1. The SMILES string of the molecule is O=c1cc(NC2C3C4CCC(C4)C23)cn[nH]1. The molecule has 84 valence electrons. The molecule has 4 nitrogen and oxygen atoms in total. The molecule has 0 aromatic carbocycles. The third-order valence-electron chi connectivity index (χ3n) is 4.73. The van der Waals surface area contributed by atoms with Crippen LogP contribution in [0, 0.1) is 23.7 Å². The van der Waals surface area contributed by atoms with Crippen LogP contribution in [-0.4, -0.2) is 16.2 Å². The first-order valence-electron chi connectivity index (χ1n) is 6.14. The Kier molecular flexibility index (Phi) is 1.58. The second-order valence-corrected chi connectivity index (χ2v) is 5.49. The molecule has 1 aromatic heterocycles. The first-order chi connectivity index (χ1) is 7.83. The quantitative estimate of drug-likeness (QED) is 0.783. The predicted molar refractivity (Wildman–Crippen MR) is 60.1 cm³/mol. The molecule has 0 radical (unpaired) electrons. The first-order valence-corrected chi connectivity index (χ1v) is 6.14. The van der Waals surface area contributed by atoms with Crippen molar-refractivity contribution in [1.82, 2.24) is 10.2 Å². The molecule has 3 fully saturated rings. The topological polar surface area (TPSA) is 57.8 Å². The Hall–Kier alpha value is -1.32. The van der Waals surface area contributed by atoms with Gasteiger partial charge in [0.05, 0.1) is 11.9 Å². The van der Waals surface area contributed by atoms with Crippen molar-refractivity contribution < 1.29 is 0 Å². The molecular weight excluding hydrogens is 202 g/mol. The molecule has 3 saturated carbocycles. The average molecular weight is 217 g/mol. The highest BCUT2D eigenvalue weighted by atomic mass is 16.1. The van der Waals surface area contributed by atoms with Crippen LogP contribution in [0.15, 0.2) is 17.1 Å². The van der Waals surface area contributed by atoms with Crippen molar-refractivity contribution in [2.24, 2.45) is 23.7 Å². The zero-order chi connectivity index (χ0) is 10.7. The predicted octanol–water partition coefficient (Wildman–Crippen LogP) is 1.23. The Balaban J connectivity index is 1.53. The molecule has 3 aliphatic carbocycles. The van der Waals surface area contributed by atoms with E-state index in [4.69, 9.17) is 0 Å². The lowest BCUT2D eigenvalue weighted by Crippen LogP contribution is -2.15. The van der Waals surface area contributed by atoms with E-state index in [1.165, 1.54) is 19.3 Å². The van der Waals surface area contributed by atoms with Crippen LogP contribution in [0.4, 0.5) is 5.69 Å². The molecule has 1 heterocycles. The van der Waals surface area contributed by atoms with Crippen molar-refractivity contribution in [2.75, 3.05) is 5.32 Å².